The molecule has 0 aliphatic carbocycles. The second-order valence-corrected chi connectivity index (χ2v) is 6.29. The summed E-state index contributed by atoms with van der Waals surface area (Å²) in [5.41, 5.74) is 8.54. The fourth-order valence-corrected chi connectivity index (χ4v) is 3.41. The van der Waals surface area contributed by atoms with E-state index in [0.717, 1.165) is 21.6 Å². The van der Waals surface area contributed by atoms with Crippen LogP contribution in [0.2, 0.25) is 5.02 Å². The fourth-order valence-electron chi connectivity index (χ4n) is 1.82. The highest BCUT2D eigenvalue weighted by Gasteiger charge is 2.08. The van der Waals surface area contributed by atoms with E-state index in [0.29, 0.717) is 17.3 Å². The third-order valence-corrected chi connectivity index (χ3v) is 4.60. The van der Waals surface area contributed by atoms with Crippen LogP contribution in [0, 0.1) is 6.92 Å². The van der Waals surface area contributed by atoms with Gasteiger partial charge < -0.3 is 5.73 Å². The molecule has 0 saturated heterocycles. The van der Waals surface area contributed by atoms with Crippen LogP contribution in [0.4, 0.5) is 0 Å². The van der Waals surface area contributed by atoms with E-state index in [4.69, 9.17) is 17.3 Å². The Hall–Kier alpha value is -1.16. The van der Waals surface area contributed by atoms with Gasteiger partial charge in [0.2, 0.25) is 0 Å². The van der Waals surface area contributed by atoms with E-state index in [9.17, 15) is 4.21 Å². The van der Waals surface area contributed by atoms with Gasteiger partial charge in [-0.2, -0.15) is 0 Å². The summed E-state index contributed by atoms with van der Waals surface area (Å²) in [6.45, 7) is 2.45. The molecule has 0 aliphatic rings. The molecule has 0 aliphatic heterocycles. The Morgan fingerprint density at radius 3 is 2.63 bits per heavy atom. The van der Waals surface area contributed by atoms with Gasteiger partial charge >= 0.3 is 0 Å². The maximum Gasteiger partial charge on any atom is 0.0574 e. The van der Waals surface area contributed by atoms with Crippen molar-refractivity contribution in [2.45, 2.75) is 24.1 Å². The van der Waals surface area contributed by atoms with Crippen LogP contribution < -0.4 is 5.73 Å². The molecule has 0 spiro atoms. The van der Waals surface area contributed by atoms with Crippen molar-refractivity contribution in [1.29, 1.82) is 0 Å². The molecule has 1 unspecified atom stereocenters. The van der Waals surface area contributed by atoms with E-state index in [1.165, 1.54) is 0 Å². The largest absolute Gasteiger partial charge is 0.326 e. The van der Waals surface area contributed by atoms with Crippen LogP contribution in [0.3, 0.4) is 0 Å². The summed E-state index contributed by atoms with van der Waals surface area (Å²) >= 11 is 6.18. The van der Waals surface area contributed by atoms with Gasteiger partial charge in [-0.25, -0.2) is 0 Å². The molecule has 2 N–H and O–H groups in total. The number of hydrogen-bond donors (Lipinski definition) is 1. The summed E-state index contributed by atoms with van der Waals surface area (Å²) in [7, 11) is -1.08. The van der Waals surface area contributed by atoms with E-state index in [2.05, 4.69) is 0 Å². The summed E-state index contributed by atoms with van der Waals surface area (Å²) in [5.74, 6) is 0.424. The molecule has 100 valence electrons. The number of aryl methyl sites for hydroxylation is 1. The van der Waals surface area contributed by atoms with Gasteiger partial charge in [0, 0.05) is 16.5 Å². The molecule has 0 fully saturated rings. The van der Waals surface area contributed by atoms with Gasteiger partial charge in [-0.15, -0.1) is 0 Å². The molecule has 0 amide bonds. The zero-order chi connectivity index (χ0) is 13.8. The molecule has 0 aromatic heterocycles. The molecule has 19 heavy (non-hydrogen) atoms. The lowest BCUT2D eigenvalue weighted by Crippen LogP contribution is -2.00. The van der Waals surface area contributed by atoms with Crippen molar-refractivity contribution < 1.29 is 4.21 Å². The molecule has 2 nitrogen and oxygen atoms in total. The van der Waals surface area contributed by atoms with Crippen LogP contribution in [0.15, 0.2) is 47.4 Å². The van der Waals surface area contributed by atoms with Gasteiger partial charge in [0.1, 0.15) is 0 Å². The SMILES string of the molecule is Cc1cccc(S(=O)Cc2ccc(CN)cc2Cl)c1. The van der Waals surface area contributed by atoms with Gasteiger partial charge in [0.05, 0.1) is 16.6 Å². The first kappa shape index (κ1) is 14.3. The second kappa shape index (κ2) is 6.33. The zero-order valence-corrected chi connectivity index (χ0v) is 12.3. The normalized spacial score (nSPS) is 12.4. The molecule has 2 aromatic carbocycles. The first-order chi connectivity index (χ1) is 9.10. The lowest BCUT2D eigenvalue weighted by atomic mass is 10.1. The highest BCUT2D eigenvalue weighted by molar-refractivity contribution is 7.84. The van der Waals surface area contributed by atoms with Crippen LogP contribution in [0.25, 0.3) is 0 Å². The Balaban J connectivity index is 2.19. The summed E-state index contributed by atoms with van der Waals surface area (Å²) < 4.78 is 12.3. The smallest absolute Gasteiger partial charge is 0.0574 e. The van der Waals surface area contributed by atoms with E-state index in [1.54, 1.807) is 0 Å². The average molecular weight is 294 g/mol. The van der Waals surface area contributed by atoms with Crippen molar-refractivity contribution >= 4 is 22.4 Å². The van der Waals surface area contributed by atoms with Crippen LogP contribution in [-0.2, 0) is 23.1 Å². The maximum absolute atomic E-state index is 12.3. The number of hydrogen-bond acceptors (Lipinski definition) is 2. The lowest BCUT2D eigenvalue weighted by Gasteiger charge is -2.07. The molecular weight excluding hydrogens is 278 g/mol. The van der Waals surface area contributed by atoms with Crippen LogP contribution in [0.1, 0.15) is 16.7 Å². The van der Waals surface area contributed by atoms with E-state index in [-0.39, 0.29) is 0 Å². The third kappa shape index (κ3) is 3.66. The van der Waals surface area contributed by atoms with E-state index in [1.807, 2.05) is 49.4 Å². The van der Waals surface area contributed by atoms with E-state index >= 15 is 0 Å². The minimum Gasteiger partial charge on any atom is -0.326 e. The number of nitrogens with two attached hydrogens (primary N) is 1. The number of rotatable bonds is 4. The summed E-state index contributed by atoms with van der Waals surface area (Å²) in [6, 6.07) is 13.4. The first-order valence-electron chi connectivity index (χ1n) is 6.02. The molecule has 2 aromatic rings. The third-order valence-electron chi connectivity index (χ3n) is 2.89. The van der Waals surface area contributed by atoms with Crippen molar-refractivity contribution in [2.24, 2.45) is 5.73 Å². The van der Waals surface area contributed by atoms with E-state index < -0.39 is 10.8 Å². The molecule has 1 atom stereocenters. The first-order valence-corrected chi connectivity index (χ1v) is 7.72. The zero-order valence-electron chi connectivity index (χ0n) is 10.7. The predicted molar refractivity (Wildman–Crippen MR) is 80.6 cm³/mol. The molecular formula is C15H16ClNOS. The maximum atomic E-state index is 12.3. The molecule has 4 heteroatoms. The predicted octanol–water partition coefficient (Wildman–Crippen LogP) is 3.41. The minimum absolute atomic E-state index is 0.424. The molecule has 0 saturated carbocycles. The second-order valence-electron chi connectivity index (χ2n) is 4.44. The Kier molecular flexibility index (Phi) is 4.75. The molecule has 0 radical (unpaired) electrons. The lowest BCUT2D eigenvalue weighted by molar-refractivity contribution is 0.682. The van der Waals surface area contributed by atoms with Crippen molar-refractivity contribution in [1.82, 2.24) is 0 Å². The number of halogens is 1. The Labute approximate surface area is 121 Å². The molecule has 2 rings (SSSR count). The van der Waals surface area contributed by atoms with Gasteiger partial charge in [-0.05, 0) is 41.8 Å². The number of benzene rings is 2. The topological polar surface area (TPSA) is 43.1 Å². The Morgan fingerprint density at radius 2 is 2.00 bits per heavy atom. The van der Waals surface area contributed by atoms with Gasteiger partial charge in [0.25, 0.3) is 0 Å². The standard InChI is InChI=1S/C15H16ClNOS/c1-11-3-2-4-14(7-11)19(18)10-13-6-5-12(9-17)8-15(13)16/h2-8H,9-10,17H2,1H3. The Morgan fingerprint density at radius 1 is 1.21 bits per heavy atom. The highest BCUT2D eigenvalue weighted by Crippen LogP contribution is 2.21. The summed E-state index contributed by atoms with van der Waals surface area (Å²) in [6.07, 6.45) is 0. The van der Waals surface area contributed by atoms with Crippen molar-refractivity contribution in [2.75, 3.05) is 0 Å². The summed E-state index contributed by atoms with van der Waals surface area (Å²) in [4.78, 5) is 0.832. The van der Waals surface area contributed by atoms with Crippen molar-refractivity contribution in [3.05, 3.63) is 64.2 Å². The van der Waals surface area contributed by atoms with Crippen LogP contribution in [-0.4, -0.2) is 4.21 Å². The van der Waals surface area contributed by atoms with Crippen molar-refractivity contribution in [3.8, 4) is 0 Å². The Bertz CT molecular complexity index is 613. The summed E-state index contributed by atoms with van der Waals surface area (Å²) in [5, 5.41) is 0.629. The van der Waals surface area contributed by atoms with Gasteiger partial charge in [-0.3, -0.25) is 4.21 Å². The quantitative estimate of drug-likeness (QED) is 0.939. The van der Waals surface area contributed by atoms with Gasteiger partial charge in [0.15, 0.2) is 0 Å². The van der Waals surface area contributed by atoms with Crippen LogP contribution in [0.5, 0.6) is 0 Å². The minimum atomic E-state index is -1.08. The molecule has 0 bridgehead atoms. The van der Waals surface area contributed by atoms with Crippen LogP contribution >= 0.6 is 11.6 Å². The van der Waals surface area contributed by atoms with Gasteiger partial charge in [-0.1, -0.05) is 35.9 Å². The average Bonchev–Trinajstić information content (AvgIpc) is 2.41. The fraction of sp³-hybridized carbons (Fsp3) is 0.200. The van der Waals surface area contributed by atoms with Crippen molar-refractivity contribution in [3.63, 3.8) is 0 Å². The monoisotopic (exact) mass is 293 g/mol. The molecule has 0 heterocycles. The highest BCUT2D eigenvalue weighted by atomic mass is 35.5.